The van der Waals surface area contributed by atoms with Gasteiger partial charge in [0.05, 0.1) is 0 Å². The first kappa shape index (κ1) is 12.4. The van der Waals surface area contributed by atoms with Gasteiger partial charge in [-0.1, -0.05) is 36.4 Å². The highest BCUT2D eigenvalue weighted by Crippen LogP contribution is 2.24. The van der Waals surface area contributed by atoms with E-state index >= 15 is 0 Å². The van der Waals surface area contributed by atoms with Crippen LogP contribution in [0.1, 0.15) is 29.1 Å². The Morgan fingerprint density at radius 3 is 2.44 bits per heavy atom. The Morgan fingerprint density at radius 2 is 1.83 bits per heavy atom. The summed E-state index contributed by atoms with van der Waals surface area (Å²) in [4.78, 5) is 12.1. The maximum absolute atomic E-state index is 12.1. The maximum Gasteiger partial charge on any atom is 0.231 e. The third-order valence-electron chi connectivity index (χ3n) is 3.04. The van der Waals surface area contributed by atoms with Gasteiger partial charge in [0.25, 0.3) is 0 Å². The quantitative estimate of drug-likeness (QED) is 0.726. The SMILES string of the molecule is C=CCC(CC(=O)n1cccc1)c1ccccc1. The lowest BCUT2D eigenvalue weighted by Gasteiger charge is -2.15. The van der Waals surface area contributed by atoms with E-state index in [0.717, 1.165) is 6.42 Å². The zero-order valence-corrected chi connectivity index (χ0v) is 10.3. The Labute approximate surface area is 108 Å². The molecule has 1 aromatic heterocycles. The van der Waals surface area contributed by atoms with E-state index in [4.69, 9.17) is 0 Å². The van der Waals surface area contributed by atoms with Crippen LogP contribution in [-0.2, 0) is 0 Å². The van der Waals surface area contributed by atoms with Gasteiger partial charge >= 0.3 is 0 Å². The largest absolute Gasteiger partial charge is 0.295 e. The summed E-state index contributed by atoms with van der Waals surface area (Å²) < 4.78 is 1.64. The van der Waals surface area contributed by atoms with Crippen molar-refractivity contribution in [1.29, 1.82) is 0 Å². The second kappa shape index (κ2) is 6.01. The lowest BCUT2D eigenvalue weighted by atomic mass is 9.92. The highest BCUT2D eigenvalue weighted by Gasteiger charge is 2.15. The molecule has 2 nitrogen and oxygen atoms in total. The number of rotatable bonds is 5. The van der Waals surface area contributed by atoms with E-state index in [2.05, 4.69) is 18.7 Å². The van der Waals surface area contributed by atoms with Crippen molar-refractivity contribution in [3.63, 3.8) is 0 Å². The van der Waals surface area contributed by atoms with Crippen LogP contribution in [0.4, 0.5) is 0 Å². The molecule has 0 amide bonds. The molecule has 1 atom stereocenters. The van der Waals surface area contributed by atoms with Crippen LogP contribution in [0.5, 0.6) is 0 Å². The minimum absolute atomic E-state index is 0.121. The Kier molecular flexibility index (Phi) is 4.13. The molecule has 92 valence electrons. The van der Waals surface area contributed by atoms with E-state index in [1.54, 1.807) is 17.0 Å². The number of carbonyl (C=O) groups excluding carboxylic acids is 1. The van der Waals surface area contributed by atoms with Crippen LogP contribution in [0.15, 0.2) is 67.5 Å². The molecular formula is C16H17NO. The molecule has 18 heavy (non-hydrogen) atoms. The highest BCUT2D eigenvalue weighted by molar-refractivity contribution is 5.79. The van der Waals surface area contributed by atoms with Gasteiger partial charge in [-0.2, -0.15) is 0 Å². The van der Waals surface area contributed by atoms with Crippen LogP contribution >= 0.6 is 0 Å². The lowest BCUT2D eigenvalue weighted by molar-refractivity contribution is 0.0893. The van der Waals surface area contributed by atoms with Gasteiger partial charge in [0, 0.05) is 18.8 Å². The smallest absolute Gasteiger partial charge is 0.231 e. The Morgan fingerprint density at radius 1 is 1.17 bits per heavy atom. The molecule has 1 heterocycles. The Bertz CT molecular complexity index is 499. The molecule has 2 aromatic rings. The van der Waals surface area contributed by atoms with E-state index in [-0.39, 0.29) is 11.8 Å². The van der Waals surface area contributed by atoms with Gasteiger partial charge in [-0.05, 0) is 30.0 Å². The van der Waals surface area contributed by atoms with Crippen LogP contribution in [-0.4, -0.2) is 10.5 Å². The van der Waals surface area contributed by atoms with E-state index in [9.17, 15) is 4.79 Å². The highest BCUT2D eigenvalue weighted by atomic mass is 16.1. The van der Waals surface area contributed by atoms with Crippen molar-refractivity contribution < 1.29 is 4.79 Å². The molecule has 0 radical (unpaired) electrons. The molecule has 0 saturated carbocycles. The summed E-state index contributed by atoms with van der Waals surface area (Å²) in [6.07, 6.45) is 6.78. The topological polar surface area (TPSA) is 22.0 Å². The summed E-state index contributed by atoms with van der Waals surface area (Å²) in [7, 11) is 0. The third kappa shape index (κ3) is 2.98. The number of benzene rings is 1. The first-order valence-corrected chi connectivity index (χ1v) is 6.13. The average Bonchev–Trinajstić information content (AvgIpc) is 2.93. The van der Waals surface area contributed by atoms with Gasteiger partial charge in [-0.25, -0.2) is 0 Å². The molecule has 1 aromatic carbocycles. The average molecular weight is 239 g/mol. The second-order valence-electron chi connectivity index (χ2n) is 4.32. The molecular weight excluding hydrogens is 222 g/mol. The molecule has 2 rings (SSSR count). The van der Waals surface area contributed by atoms with Crippen LogP contribution in [0, 0.1) is 0 Å². The second-order valence-corrected chi connectivity index (χ2v) is 4.32. The summed E-state index contributed by atoms with van der Waals surface area (Å²) in [6.45, 7) is 3.78. The number of aromatic nitrogens is 1. The Hall–Kier alpha value is -2.09. The van der Waals surface area contributed by atoms with Crippen molar-refractivity contribution >= 4 is 5.91 Å². The Balaban J connectivity index is 2.12. The van der Waals surface area contributed by atoms with E-state index in [0.29, 0.717) is 6.42 Å². The molecule has 0 N–H and O–H groups in total. The zero-order valence-electron chi connectivity index (χ0n) is 10.3. The molecule has 0 aliphatic carbocycles. The fourth-order valence-corrected chi connectivity index (χ4v) is 2.08. The van der Waals surface area contributed by atoms with Crippen LogP contribution in [0.2, 0.25) is 0 Å². The van der Waals surface area contributed by atoms with Gasteiger partial charge in [0.2, 0.25) is 5.91 Å². The minimum Gasteiger partial charge on any atom is -0.295 e. The number of hydrogen-bond donors (Lipinski definition) is 0. The summed E-state index contributed by atoms with van der Waals surface area (Å²) in [5.41, 5.74) is 1.19. The van der Waals surface area contributed by atoms with Crippen molar-refractivity contribution in [1.82, 2.24) is 4.57 Å². The van der Waals surface area contributed by atoms with Crippen molar-refractivity contribution in [3.05, 3.63) is 73.1 Å². The fraction of sp³-hybridized carbons (Fsp3) is 0.188. The first-order valence-electron chi connectivity index (χ1n) is 6.13. The minimum atomic E-state index is 0.121. The van der Waals surface area contributed by atoms with Crippen molar-refractivity contribution in [2.75, 3.05) is 0 Å². The van der Waals surface area contributed by atoms with Crippen molar-refractivity contribution in [2.24, 2.45) is 0 Å². The molecule has 0 spiro atoms. The molecule has 1 unspecified atom stereocenters. The van der Waals surface area contributed by atoms with Crippen LogP contribution in [0.3, 0.4) is 0 Å². The number of nitrogens with zero attached hydrogens (tertiary/aromatic N) is 1. The van der Waals surface area contributed by atoms with E-state index in [1.807, 2.05) is 36.4 Å². The predicted octanol–water partition coefficient (Wildman–Crippen LogP) is 3.88. The van der Waals surface area contributed by atoms with Crippen LogP contribution < -0.4 is 0 Å². The summed E-state index contributed by atoms with van der Waals surface area (Å²) in [5, 5.41) is 0. The zero-order chi connectivity index (χ0) is 12.8. The summed E-state index contributed by atoms with van der Waals surface area (Å²) in [6, 6.07) is 13.9. The van der Waals surface area contributed by atoms with E-state index in [1.165, 1.54) is 5.56 Å². The fourth-order valence-electron chi connectivity index (χ4n) is 2.08. The standard InChI is InChI=1S/C16H17NO/c1-2-8-15(14-9-4-3-5-10-14)13-16(18)17-11-6-7-12-17/h2-7,9-12,15H,1,8,13H2. The monoisotopic (exact) mass is 239 g/mol. The van der Waals surface area contributed by atoms with Crippen LogP contribution in [0.25, 0.3) is 0 Å². The summed E-state index contributed by atoms with van der Waals surface area (Å²) in [5.74, 6) is 0.328. The maximum atomic E-state index is 12.1. The van der Waals surface area contributed by atoms with E-state index < -0.39 is 0 Å². The van der Waals surface area contributed by atoms with Gasteiger partial charge in [-0.15, -0.1) is 6.58 Å². The van der Waals surface area contributed by atoms with Gasteiger partial charge in [-0.3, -0.25) is 9.36 Å². The van der Waals surface area contributed by atoms with Gasteiger partial charge in [0.15, 0.2) is 0 Å². The molecule has 0 aliphatic rings. The predicted molar refractivity (Wildman–Crippen MR) is 73.7 cm³/mol. The molecule has 0 saturated heterocycles. The number of carbonyl (C=O) groups is 1. The lowest BCUT2D eigenvalue weighted by Crippen LogP contribution is -2.13. The molecule has 0 fully saturated rings. The molecule has 2 heteroatoms. The van der Waals surface area contributed by atoms with Crippen molar-refractivity contribution in [3.8, 4) is 0 Å². The number of allylic oxidation sites excluding steroid dienone is 1. The molecule has 0 aliphatic heterocycles. The van der Waals surface area contributed by atoms with Crippen molar-refractivity contribution in [2.45, 2.75) is 18.8 Å². The first-order chi connectivity index (χ1) is 8.81. The number of hydrogen-bond acceptors (Lipinski definition) is 1. The van der Waals surface area contributed by atoms with Gasteiger partial charge < -0.3 is 0 Å². The van der Waals surface area contributed by atoms with Gasteiger partial charge in [0.1, 0.15) is 0 Å². The molecule has 0 bridgehead atoms. The summed E-state index contributed by atoms with van der Waals surface area (Å²) >= 11 is 0. The normalized spacial score (nSPS) is 12.0. The third-order valence-corrected chi connectivity index (χ3v) is 3.04.